The van der Waals surface area contributed by atoms with E-state index in [0.29, 0.717) is 6.42 Å². The van der Waals surface area contributed by atoms with Crippen LogP contribution in [0.5, 0.6) is 0 Å². The lowest BCUT2D eigenvalue weighted by atomic mass is 10.1. The number of fused-ring (bicyclic) bond motifs is 2. The lowest BCUT2D eigenvalue weighted by Gasteiger charge is -2.04. The molecule has 0 saturated carbocycles. The molecular weight excluding hydrogens is 238 g/mol. The van der Waals surface area contributed by atoms with Gasteiger partial charge in [-0.15, -0.1) is 0 Å². The molecule has 3 aromatic rings. The number of imidazole rings is 1. The van der Waals surface area contributed by atoms with Crippen LogP contribution in [0.25, 0.3) is 16.9 Å². The smallest absolute Gasteiger partial charge is 0.228 e. The van der Waals surface area contributed by atoms with Gasteiger partial charge >= 0.3 is 0 Å². The molecule has 1 N–H and O–H groups in total. The summed E-state index contributed by atoms with van der Waals surface area (Å²) in [4.78, 5) is 15.8. The van der Waals surface area contributed by atoms with Crippen molar-refractivity contribution in [1.82, 2.24) is 9.38 Å². The second-order valence-electron chi connectivity index (χ2n) is 4.67. The van der Waals surface area contributed by atoms with E-state index < -0.39 is 0 Å². The van der Waals surface area contributed by atoms with Crippen molar-refractivity contribution in [3.8, 4) is 11.4 Å². The van der Waals surface area contributed by atoms with E-state index >= 15 is 0 Å². The number of carbonyl (C=O) groups is 1. The van der Waals surface area contributed by atoms with Gasteiger partial charge in [0, 0.05) is 17.4 Å². The molecule has 0 spiro atoms. The molecule has 0 bridgehead atoms. The van der Waals surface area contributed by atoms with Crippen molar-refractivity contribution in [3.05, 3.63) is 54.4 Å². The molecule has 0 saturated heterocycles. The standard InChI is InChI=1S/C15H11N3O/c19-14-8-11-7-10(4-5-13(11)17-14)15-16-9-12-3-1-2-6-18(12)15/h1-7,9H,8H2,(H,17,19). The summed E-state index contributed by atoms with van der Waals surface area (Å²) in [6.07, 6.45) is 4.30. The van der Waals surface area contributed by atoms with Crippen molar-refractivity contribution >= 4 is 17.1 Å². The third-order valence-electron chi connectivity index (χ3n) is 3.43. The van der Waals surface area contributed by atoms with Gasteiger partial charge in [0.25, 0.3) is 0 Å². The van der Waals surface area contributed by atoms with Gasteiger partial charge in [0.05, 0.1) is 18.1 Å². The zero-order chi connectivity index (χ0) is 12.8. The van der Waals surface area contributed by atoms with Gasteiger partial charge in [0.15, 0.2) is 0 Å². The lowest BCUT2D eigenvalue weighted by Crippen LogP contribution is -2.03. The van der Waals surface area contributed by atoms with Crippen molar-refractivity contribution in [2.75, 3.05) is 5.32 Å². The van der Waals surface area contributed by atoms with Crippen molar-refractivity contribution in [2.45, 2.75) is 6.42 Å². The fourth-order valence-corrected chi connectivity index (χ4v) is 2.53. The summed E-state index contributed by atoms with van der Waals surface area (Å²) in [5, 5.41) is 2.84. The number of hydrogen-bond donors (Lipinski definition) is 1. The van der Waals surface area contributed by atoms with Crippen molar-refractivity contribution in [2.24, 2.45) is 0 Å². The molecule has 3 heterocycles. The predicted molar refractivity (Wildman–Crippen MR) is 73.0 cm³/mol. The number of benzene rings is 1. The molecule has 4 nitrogen and oxygen atoms in total. The molecule has 0 fully saturated rings. The largest absolute Gasteiger partial charge is 0.326 e. The Morgan fingerprint density at radius 3 is 3.11 bits per heavy atom. The first-order valence-corrected chi connectivity index (χ1v) is 6.16. The number of pyridine rings is 1. The van der Waals surface area contributed by atoms with Crippen LogP contribution in [-0.2, 0) is 11.2 Å². The van der Waals surface area contributed by atoms with Crippen LogP contribution in [0.15, 0.2) is 48.8 Å². The number of rotatable bonds is 1. The Labute approximate surface area is 109 Å². The second-order valence-corrected chi connectivity index (χ2v) is 4.67. The third-order valence-corrected chi connectivity index (χ3v) is 3.43. The lowest BCUT2D eigenvalue weighted by molar-refractivity contribution is -0.115. The normalized spacial score (nSPS) is 13.6. The van der Waals surface area contributed by atoms with Crippen LogP contribution in [0.2, 0.25) is 0 Å². The maximum absolute atomic E-state index is 11.4. The molecule has 1 amide bonds. The van der Waals surface area contributed by atoms with E-state index in [0.717, 1.165) is 28.2 Å². The van der Waals surface area contributed by atoms with E-state index in [-0.39, 0.29) is 5.91 Å². The van der Waals surface area contributed by atoms with Crippen molar-refractivity contribution < 1.29 is 4.79 Å². The maximum atomic E-state index is 11.4. The minimum atomic E-state index is 0.0557. The average molecular weight is 249 g/mol. The number of aromatic nitrogens is 2. The molecule has 4 heteroatoms. The molecule has 4 rings (SSSR count). The Kier molecular flexibility index (Phi) is 2.00. The summed E-state index contributed by atoms with van der Waals surface area (Å²) in [6.45, 7) is 0. The Balaban J connectivity index is 1.89. The topological polar surface area (TPSA) is 46.4 Å². The van der Waals surface area contributed by atoms with Gasteiger partial charge < -0.3 is 5.32 Å². The molecule has 1 aliphatic heterocycles. The quantitative estimate of drug-likeness (QED) is 0.720. The Hall–Kier alpha value is -2.62. The minimum Gasteiger partial charge on any atom is -0.326 e. The summed E-state index contributed by atoms with van der Waals surface area (Å²) in [5.41, 5.74) is 4.04. The van der Waals surface area contributed by atoms with E-state index in [9.17, 15) is 4.79 Å². The summed E-state index contributed by atoms with van der Waals surface area (Å²) in [7, 11) is 0. The van der Waals surface area contributed by atoms with Crippen LogP contribution < -0.4 is 5.32 Å². The highest BCUT2D eigenvalue weighted by atomic mass is 16.1. The second kappa shape index (κ2) is 3.68. The molecule has 1 aliphatic rings. The van der Waals surface area contributed by atoms with Gasteiger partial charge in [0.1, 0.15) is 5.82 Å². The van der Waals surface area contributed by atoms with Gasteiger partial charge in [-0.3, -0.25) is 9.20 Å². The van der Waals surface area contributed by atoms with Gasteiger partial charge in [-0.05, 0) is 35.9 Å². The first-order chi connectivity index (χ1) is 9.31. The summed E-state index contributed by atoms with van der Waals surface area (Å²) >= 11 is 0. The van der Waals surface area contributed by atoms with E-state index in [4.69, 9.17) is 0 Å². The molecule has 2 aromatic heterocycles. The number of nitrogens with one attached hydrogen (secondary N) is 1. The Morgan fingerprint density at radius 2 is 2.16 bits per heavy atom. The highest BCUT2D eigenvalue weighted by molar-refractivity contribution is 5.99. The Morgan fingerprint density at radius 1 is 1.21 bits per heavy atom. The number of nitrogens with zero attached hydrogens (tertiary/aromatic N) is 2. The zero-order valence-electron chi connectivity index (χ0n) is 10.1. The number of anilines is 1. The summed E-state index contributed by atoms with van der Waals surface area (Å²) in [5.74, 6) is 0.956. The SMILES string of the molecule is O=C1Cc2cc(-c3ncc4ccccn34)ccc2N1. The van der Waals surface area contributed by atoms with Gasteiger partial charge in [0.2, 0.25) is 5.91 Å². The fourth-order valence-electron chi connectivity index (χ4n) is 2.53. The highest BCUT2D eigenvalue weighted by Crippen LogP contribution is 2.28. The molecule has 1 aromatic carbocycles. The molecule has 0 radical (unpaired) electrons. The van der Waals surface area contributed by atoms with Crippen molar-refractivity contribution in [1.29, 1.82) is 0 Å². The number of hydrogen-bond acceptors (Lipinski definition) is 2. The van der Waals surface area contributed by atoms with Crippen molar-refractivity contribution in [3.63, 3.8) is 0 Å². The van der Waals surface area contributed by atoms with Crippen LogP contribution >= 0.6 is 0 Å². The molecular formula is C15H11N3O. The predicted octanol–water partition coefficient (Wildman–Crippen LogP) is 2.50. The molecule has 92 valence electrons. The van der Waals surface area contributed by atoms with Gasteiger partial charge in [-0.1, -0.05) is 6.07 Å². The average Bonchev–Trinajstić information content (AvgIpc) is 2.99. The summed E-state index contributed by atoms with van der Waals surface area (Å²) in [6, 6.07) is 12.0. The minimum absolute atomic E-state index is 0.0557. The van der Waals surface area contributed by atoms with Crippen LogP contribution in [0, 0.1) is 0 Å². The Bertz CT molecular complexity index is 804. The van der Waals surface area contributed by atoms with E-state index in [1.807, 2.05) is 53.2 Å². The van der Waals surface area contributed by atoms with Crippen LogP contribution in [0.3, 0.4) is 0 Å². The summed E-state index contributed by atoms with van der Waals surface area (Å²) < 4.78 is 2.05. The molecule has 19 heavy (non-hydrogen) atoms. The fraction of sp³-hybridized carbons (Fsp3) is 0.0667. The van der Waals surface area contributed by atoms with Gasteiger partial charge in [-0.25, -0.2) is 4.98 Å². The number of amides is 1. The number of carbonyl (C=O) groups excluding carboxylic acids is 1. The van der Waals surface area contributed by atoms with Crippen LogP contribution in [0.1, 0.15) is 5.56 Å². The van der Waals surface area contributed by atoms with E-state index in [2.05, 4.69) is 10.3 Å². The van der Waals surface area contributed by atoms with Crippen LogP contribution in [-0.4, -0.2) is 15.3 Å². The molecule has 0 aliphatic carbocycles. The maximum Gasteiger partial charge on any atom is 0.228 e. The van der Waals surface area contributed by atoms with E-state index in [1.165, 1.54) is 0 Å². The zero-order valence-corrected chi connectivity index (χ0v) is 10.1. The van der Waals surface area contributed by atoms with Gasteiger partial charge in [-0.2, -0.15) is 0 Å². The van der Waals surface area contributed by atoms with Crippen LogP contribution in [0.4, 0.5) is 5.69 Å². The first kappa shape index (κ1) is 10.3. The third kappa shape index (κ3) is 1.53. The van der Waals surface area contributed by atoms with E-state index in [1.54, 1.807) is 0 Å². The molecule has 0 unspecified atom stereocenters. The highest BCUT2D eigenvalue weighted by Gasteiger charge is 2.18. The first-order valence-electron chi connectivity index (χ1n) is 6.16. The molecule has 0 atom stereocenters. The monoisotopic (exact) mass is 249 g/mol.